The molecule has 2 N–H and O–H groups in total. The minimum Gasteiger partial charge on any atom is -0.472 e. The average Bonchev–Trinajstić information content (AvgIpc) is 3.34. The van der Waals surface area contributed by atoms with Gasteiger partial charge in [0.15, 0.2) is 0 Å². The molecule has 1 aliphatic heterocycles. The fourth-order valence-corrected chi connectivity index (χ4v) is 4.80. The van der Waals surface area contributed by atoms with Crippen LogP contribution in [-0.2, 0) is 4.79 Å². The van der Waals surface area contributed by atoms with Gasteiger partial charge in [0.05, 0.1) is 23.1 Å². The second kappa shape index (κ2) is 10.4. The van der Waals surface area contributed by atoms with Crippen molar-refractivity contribution in [2.45, 2.75) is 35.5 Å². The van der Waals surface area contributed by atoms with Crippen LogP contribution < -0.4 is 15.5 Å². The van der Waals surface area contributed by atoms with Gasteiger partial charge in [-0.3, -0.25) is 14.4 Å². The number of hydrogen-bond donors (Lipinski definition) is 2. The average molecular weight is 464 g/mol. The first-order valence-electron chi connectivity index (χ1n) is 10.8. The van der Waals surface area contributed by atoms with Gasteiger partial charge in [0.25, 0.3) is 11.8 Å². The summed E-state index contributed by atoms with van der Waals surface area (Å²) in [4.78, 5) is 40.8. The highest BCUT2D eigenvalue weighted by atomic mass is 32.2. The number of rotatable bonds is 8. The number of carbonyl (C=O) groups is 3. The van der Waals surface area contributed by atoms with Crippen molar-refractivity contribution < 1.29 is 18.8 Å². The Morgan fingerprint density at radius 1 is 1.03 bits per heavy atom. The summed E-state index contributed by atoms with van der Waals surface area (Å²) in [6.45, 7) is 0.551. The van der Waals surface area contributed by atoms with Crippen LogP contribution in [-0.4, -0.2) is 31.3 Å². The van der Waals surface area contributed by atoms with Gasteiger partial charge >= 0.3 is 0 Å². The molecule has 4 rings (SSSR count). The minimum absolute atomic E-state index is 0.0292. The Labute approximate surface area is 196 Å². The van der Waals surface area contributed by atoms with Crippen LogP contribution in [0.4, 0.5) is 11.4 Å². The highest BCUT2D eigenvalue weighted by Crippen LogP contribution is 2.42. The van der Waals surface area contributed by atoms with Gasteiger partial charge in [-0.1, -0.05) is 30.3 Å². The van der Waals surface area contributed by atoms with E-state index in [1.165, 1.54) is 24.3 Å². The van der Waals surface area contributed by atoms with E-state index in [1.807, 2.05) is 36.4 Å². The van der Waals surface area contributed by atoms with Gasteiger partial charge in [-0.15, -0.1) is 0 Å². The Balaban J connectivity index is 1.56. The Morgan fingerprint density at radius 3 is 2.67 bits per heavy atom. The standard InChI is InChI=1S/C25H25N3O4S/c1-26-23(29)9-3-2-6-13-28-20-11-10-18(27-24(30)17-12-14-32-16-17)15-22(20)33-21-8-5-4-7-19(21)25(28)31/h4-5,7-8,10-12,14-16H,2-3,6,9,13H2,1H3,(H,26,29)(H,27,30). The van der Waals surface area contributed by atoms with Crippen LogP contribution in [0.2, 0.25) is 0 Å². The smallest absolute Gasteiger partial charge is 0.259 e. The van der Waals surface area contributed by atoms with E-state index in [0.29, 0.717) is 29.8 Å². The number of hydrogen-bond acceptors (Lipinski definition) is 5. The SMILES string of the molecule is CNC(=O)CCCCCN1C(=O)c2ccccc2Sc2cc(NC(=O)c3ccoc3)ccc21. The number of amides is 3. The Bertz CT molecular complexity index is 1160. The van der Waals surface area contributed by atoms with Crippen LogP contribution in [0.1, 0.15) is 46.4 Å². The van der Waals surface area contributed by atoms with Gasteiger partial charge in [-0.2, -0.15) is 0 Å². The second-order valence-electron chi connectivity index (χ2n) is 7.69. The maximum absolute atomic E-state index is 13.4. The molecule has 0 unspecified atom stereocenters. The van der Waals surface area contributed by atoms with E-state index in [9.17, 15) is 14.4 Å². The van der Waals surface area contributed by atoms with Crippen molar-refractivity contribution in [3.8, 4) is 0 Å². The molecule has 1 aromatic heterocycles. The number of nitrogens with one attached hydrogen (secondary N) is 2. The first kappa shape index (κ1) is 22.7. The first-order valence-corrected chi connectivity index (χ1v) is 11.7. The third-order valence-electron chi connectivity index (χ3n) is 5.44. The van der Waals surface area contributed by atoms with E-state index in [2.05, 4.69) is 10.6 Å². The van der Waals surface area contributed by atoms with Crippen molar-refractivity contribution in [3.63, 3.8) is 0 Å². The number of nitrogens with zero attached hydrogens (tertiary/aromatic N) is 1. The molecule has 3 amide bonds. The lowest BCUT2D eigenvalue weighted by Crippen LogP contribution is -2.32. The number of fused-ring (bicyclic) bond motifs is 2. The van der Waals surface area contributed by atoms with E-state index in [-0.39, 0.29) is 17.7 Å². The fraction of sp³-hybridized carbons (Fsp3) is 0.240. The van der Waals surface area contributed by atoms with Crippen LogP contribution in [0.5, 0.6) is 0 Å². The molecule has 8 heteroatoms. The highest BCUT2D eigenvalue weighted by Gasteiger charge is 2.27. The van der Waals surface area contributed by atoms with E-state index in [1.54, 1.807) is 24.1 Å². The van der Waals surface area contributed by atoms with Gasteiger partial charge in [-0.25, -0.2) is 0 Å². The molecular formula is C25H25N3O4S. The molecule has 0 saturated heterocycles. The summed E-state index contributed by atoms with van der Waals surface area (Å²) in [5, 5.41) is 5.52. The van der Waals surface area contributed by atoms with Crippen molar-refractivity contribution in [2.24, 2.45) is 0 Å². The summed E-state index contributed by atoms with van der Waals surface area (Å²) >= 11 is 1.51. The fourth-order valence-electron chi connectivity index (χ4n) is 3.68. The van der Waals surface area contributed by atoms with Crippen molar-refractivity contribution in [1.29, 1.82) is 0 Å². The van der Waals surface area contributed by atoms with Crippen LogP contribution in [0.15, 0.2) is 75.3 Å². The molecule has 3 aromatic rings. The minimum atomic E-state index is -0.258. The zero-order chi connectivity index (χ0) is 23.2. The van der Waals surface area contributed by atoms with Crippen molar-refractivity contribution >= 4 is 40.9 Å². The molecular weight excluding hydrogens is 438 g/mol. The second-order valence-corrected chi connectivity index (χ2v) is 8.77. The summed E-state index contributed by atoms with van der Waals surface area (Å²) in [7, 11) is 1.64. The van der Waals surface area contributed by atoms with Gasteiger partial charge in [-0.05, 0) is 49.2 Å². The predicted octanol–water partition coefficient (Wildman–Crippen LogP) is 4.95. The van der Waals surface area contributed by atoms with Gasteiger partial charge in [0.2, 0.25) is 5.91 Å². The van der Waals surface area contributed by atoms with Gasteiger partial charge < -0.3 is 20.0 Å². The summed E-state index contributed by atoms with van der Waals surface area (Å²) in [5.74, 6) is -0.272. The van der Waals surface area contributed by atoms with Crippen molar-refractivity contribution in [2.75, 3.05) is 23.8 Å². The lowest BCUT2D eigenvalue weighted by Gasteiger charge is -2.23. The lowest BCUT2D eigenvalue weighted by atomic mass is 10.1. The zero-order valence-corrected chi connectivity index (χ0v) is 19.1. The molecule has 2 aromatic carbocycles. The summed E-state index contributed by atoms with van der Waals surface area (Å²) < 4.78 is 4.99. The lowest BCUT2D eigenvalue weighted by molar-refractivity contribution is -0.120. The van der Waals surface area contributed by atoms with Crippen molar-refractivity contribution in [3.05, 3.63) is 72.2 Å². The third-order valence-corrected chi connectivity index (χ3v) is 6.56. The molecule has 170 valence electrons. The molecule has 0 aliphatic carbocycles. The number of anilines is 2. The third kappa shape index (κ3) is 5.28. The van der Waals surface area contributed by atoms with Gasteiger partial charge in [0.1, 0.15) is 6.26 Å². The molecule has 7 nitrogen and oxygen atoms in total. The number of benzene rings is 2. The summed E-state index contributed by atoms with van der Waals surface area (Å²) in [5.41, 5.74) is 2.56. The Morgan fingerprint density at radius 2 is 1.88 bits per heavy atom. The number of unbranched alkanes of at least 4 members (excludes halogenated alkanes) is 2. The van der Waals surface area contributed by atoms with Gasteiger partial charge in [0, 0.05) is 35.5 Å². The first-order chi connectivity index (χ1) is 16.1. The van der Waals surface area contributed by atoms with E-state index >= 15 is 0 Å². The summed E-state index contributed by atoms with van der Waals surface area (Å²) in [6.07, 6.45) is 5.75. The quantitative estimate of drug-likeness (QED) is 0.461. The van der Waals surface area contributed by atoms with E-state index in [4.69, 9.17) is 4.42 Å². The number of carbonyl (C=O) groups excluding carboxylic acids is 3. The predicted molar refractivity (Wildman–Crippen MR) is 128 cm³/mol. The number of furan rings is 1. The van der Waals surface area contributed by atoms with Crippen LogP contribution in [0.25, 0.3) is 0 Å². The largest absolute Gasteiger partial charge is 0.472 e. The van der Waals surface area contributed by atoms with E-state index in [0.717, 1.165) is 34.7 Å². The van der Waals surface area contributed by atoms with Crippen LogP contribution >= 0.6 is 11.8 Å². The monoisotopic (exact) mass is 463 g/mol. The molecule has 33 heavy (non-hydrogen) atoms. The molecule has 1 aliphatic rings. The zero-order valence-electron chi connectivity index (χ0n) is 18.3. The molecule has 0 spiro atoms. The van der Waals surface area contributed by atoms with Crippen LogP contribution in [0.3, 0.4) is 0 Å². The topological polar surface area (TPSA) is 91.7 Å². The molecule has 2 heterocycles. The molecule has 0 bridgehead atoms. The maximum Gasteiger partial charge on any atom is 0.259 e. The van der Waals surface area contributed by atoms with E-state index < -0.39 is 0 Å². The molecule has 0 fully saturated rings. The normalized spacial score (nSPS) is 12.5. The summed E-state index contributed by atoms with van der Waals surface area (Å²) in [6, 6.07) is 14.7. The van der Waals surface area contributed by atoms with Crippen LogP contribution in [0, 0.1) is 0 Å². The Hall–Kier alpha value is -3.52. The molecule has 0 atom stereocenters. The highest BCUT2D eigenvalue weighted by molar-refractivity contribution is 7.99. The Kier molecular flexibility index (Phi) is 7.14. The molecule has 0 radical (unpaired) electrons. The van der Waals surface area contributed by atoms with Crippen molar-refractivity contribution in [1.82, 2.24) is 5.32 Å². The maximum atomic E-state index is 13.4. The molecule has 0 saturated carbocycles.